The van der Waals surface area contributed by atoms with Gasteiger partial charge < -0.3 is 9.64 Å². The Morgan fingerprint density at radius 3 is 2.66 bits per heavy atom. The molecule has 2 aromatic carbocycles. The van der Waals surface area contributed by atoms with Gasteiger partial charge in [-0.3, -0.25) is 0 Å². The third-order valence-electron chi connectivity index (χ3n) is 5.21. The molecule has 4 rings (SSSR count). The summed E-state index contributed by atoms with van der Waals surface area (Å²) in [6.45, 7) is 2.38. The second-order valence-electron chi connectivity index (χ2n) is 7.23. The Balaban J connectivity index is 1.61. The maximum atomic E-state index is 13.1. The number of rotatable bonds is 3. The molecule has 2 aromatic rings. The maximum absolute atomic E-state index is 13.1. The fourth-order valence-electron chi connectivity index (χ4n) is 3.64. The number of benzene rings is 2. The molecule has 0 spiro atoms. The fourth-order valence-corrected chi connectivity index (χ4v) is 4.92. The molecule has 0 N–H and O–H groups in total. The first-order valence-corrected chi connectivity index (χ1v) is 11.0. The van der Waals surface area contributed by atoms with Crippen LogP contribution in [0.25, 0.3) is 0 Å². The SMILES string of the molecule is CC(OC(=O)c1ccc2c(c1)S(=O)(=O)N=C1CCCCCN12)c1ccc(F)cc1. The van der Waals surface area contributed by atoms with Crippen LogP contribution in [-0.4, -0.2) is 26.8 Å². The number of nitrogens with zero attached hydrogens (tertiary/aromatic N) is 2. The zero-order valence-electron chi connectivity index (χ0n) is 16.0. The Hall–Kier alpha value is -2.74. The van der Waals surface area contributed by atoms with Gasteiger partial charge in [-0.2, -0.15) is 8.42 Å². The van der Waals surface area contributed by atoms with E-state index in [0.717, 1.165) is 19.3 Å². The summed E-state index contributed by atoms with van der Waals surface area (Å²) in [4.78, 5) is 14.5. The fraction of sp³-hybridized carbons (Fsp3) is 0.333. The van der Waals surface area contributed by atoms with Gasteiger partial charge in [-0.15, -0.1) is 4.40 Å². The Labute approximate surface area is 169 Å². The summed E-state index contributed by atoms with van der Waals surface area (Å²) in [5.74, 6) is -0.457. The minimum atomic E-state index is -3.87. The summed E-state index contributed by atoms with van der Waals surface area (Å²) >= 11 is 0. The lowest BCUT2D eigenvalue weighted by Gasteiger charge is -2.29. The molecule has 1 atom stereocenters. The van der Waals surface area contributed by atoms with Gasteiger partial charge in [-0.05, 0) is 55.7 Å². The standard InChI is InChI=1S/C21H21FN2O4S/c1-14(15-6-9-17(22)10-7-15)28-21(25)16-8-11-18-19(13-16)29(26,27)23-20-5-3-2-4-12-24(18)20/h6-11,13-14H,2-5,12H2,1H3. The average molecular weight is 416 g/mol. The van der Waals surface area contributed by atoms with Gasteiger partial charge in [0.15, 0.2) is 0 Å². The van der Waals surface area contributed by atoms with Gasteiger partial charge in [0.05, 0.1) is 11.3 Å². The number of hydrogen-bond acceptors (Lipinski definition) is 5. The lowest BCUT2D eigenvalue weighted by molar-refractivity contribution is 0.0337. The summed E-state index contributed by atoms with van der Waals surface area (Å²) in [5.41, 5.74) is 1.33. The molecule has 2 aliphatic heterocycles. The Morgan fingerprint density at radius 2 is 1.90 bits per heavy atom. The lowest BCUT2D eigenvalue weighted by atomic mass is 10.1. The van der Waals surface area contributed by atoms with Gasteiger partial charge in [-0.1, -0.05) is 18.6 Å². The molecule has 0 aliphatic carbocycles. The topological polar surface area (TPSA) is 76.0 Å². The van der Waals surface area contributed by atoms with Crippen LogP contribution < -0.4 is 4.90 Å². The zero-order chi connectivity index (χ0) is 20.6. The van der Waals surface area contributed by atoms with Crippen molar-refractivity contribution in [1.29, 1.82) is 0 Å². The van der Waals surface area contributed by atoms with E-state index in [1.807, 2.05) is 4.90 Å². The predicted molar refractivity (Wildman–Crippen MR) is 107 cm³/mol. The number of carbonyl (C=O) groups excluding carboxylic acids is 1. The van der Waals surface area contributed by atoms with E-state index in [4.69, 9.17) is 4.74 Å². The zero-order valence-corrected chi connectivity index (χ0v) is 16.8. The molecule has 2 aliphatic rings. The quantitative estimate of drug-likeness (QED) is 0.700. The van der Waals surface area contributed by atoms with Crippen molar-refractivity contribution in [3.05, 3.63) is 59.4 Å². The molecule has 1 saturated heterocycles. The highest BCUT2D eigenvalue weighted by Crippen LogP contribution is 2.35. The Bertz CT molecular complexity index is 1080. The monoisotopic (exact) mass is 416 g/mol. The van der Waals surface area contributed by atoms with Crippen molar-refractivity contribution in [2.45, 2.75) is 43.6 Å². The number of hydrogen-bond donors (Lipinski definition) is 0. The number of esters is 1. The van der Waals surface area contributed by atoms with E-state index in [1.165, 1.54) is 18.2 Å². The highest BCUT2D eigenvalue weighted by atomic mass is 32.2. The number of halogens is 1. The van der Waals surface area contributed by atoms with Crippen LogP contribution in [0.4, 0.5) is 10.1 Å². The van der Waals surface area contributed by atoms with Crippen molar-refractivity contribution < 1.29 is 22.3 Å². The molecule has 1 fully saturated rings. The molecule has 0 amide bonds. The summed E-state index contributed by atoms with van der Waals surface area (Å²) < 4.78 is 47.9. The number of anilines is 1. The molecule has 29 heavy (non-hydrogen) atoms. The summed E-state index contributed by atoms with van der Waals surface area (Å²) in [5, 5.41) is 0. The van der Waals surface area contributed by atoms with E-state index in [2.05, 4.69) is 4.40 Å². The summed E-state index contributed by atoms with van der Waals surface area (Å²) in [6.07, 6.45) is 2.91. The smallest absolute Gasteiger partial charge is 0.338 e. The normalized spacial score (nSPS) is 18.7. The van der Waals surface area contributed by atoms with Gasteiger partial charge in [0, 0.05) is 13.0 Å². The minimum absolute atomic E-state index is 0.0204. The molecule has 6 nitrogen and oxygen atoms in total. The van der Waals surface area contributed by atoms with Gasteiger partial charge >= 0.3 is 5.97 Å². The van der Waals surface area contributed by atoms with Crippen LogP contribution in [0.15, 0.2) is 51.8 Å². The first kappa shape index (κ1) is 19.6. The van der Waals surface area contributed by atoms with E-state index in [9.17, 15) is 17.6 Å². The Morgan fingerprint density at radius 1 is 1.14 bits per heavy atom. The predicted octanol–water partition coefficient (Wildman–Crippen LogP) is 4.22. The Kier molecular flexibility index (Phi) is 5.12. The second kappa shape index (κ2) is 7.59. The van der Waals surface area contributed by atoms with Crippen molar-refractivity contribution in [1.82, 2.24) is 0 Å². The van der Waals surface area contributed by atoms with Crippen LogP contribution in [0.2, 0.25) is 0 Å². The molecule has 2 heterocycles. The van der Waals surface area contributed by atoms with Crippen molar-refractivity contribution in [2.75, 3.05) is 11.4 Å². The second-order valence-corrected chi connectivity index (χ2v) is 8.80. The third kappa shape index (κ3) is 3.89. The summed E-state index contributed by atoms with van der Waals surface area (Å²) in [7, 11) is -3.87. The number of fused-ring (bicyclic) bond motifs is 3. The number of sulfonamides is 1. The van der Waals surface area contributed by atoms with Crippen LogP contribution in [0.3, 0.4) is 0 Å². The van der Waals surface area contributed by atoms with Crippen LogP contribution in [0.1, 0.15) is 54.6 Å². The van der Waals surface area contributed by atoms with Crippen LogP contribution in [0, 0.1) is 5.82 Å². The van der Waals surface area contributed by atoms with Crippen LogP contribution in [0.5, 0.6) is 0 Å². The van der Waals surface area contributed by atoms with Gasteiger partial charge in [0.25, 0.3) is 10.0 Å². The van der Waals surface area contributed by atoms with Gasteiger partial charge in [-0.25, -0.2) is 9.18 Å². The number of ether oxygens (including phenoxy) is 1. The van der Waals surface area contributed by atoms with Gasteiger partial charge in [0.1, 0.15) is 22.7 Å². The van der Waals surface area contributed by atoms with Crippen molar-refractivity contribution in [2.24, 2.45) is 4.40 Å². The molecule has 0 bridgehead atoms. The van der Waals surface area contributed by atoms with Crippen LogP contribution in [-0.2, 0) is 14.8 Å². The maximum Gasteiger partial charge on any atom is 0.338 e. The number of amidine groups is 1. The first-order chi connectivity index (χ1) is 13.8. The van der Waals surface area contributed by atoms with E-state index < -0.39 is 22.1 Å². The number of carbonyl (C=O) groups is 1. The van der Waals surface area contributed by atoms with Crippen molar-refractivity contribution >= 4 is 27.5 Å². The van der Waals surface area contributed by atoms with E-state index in [1.54, 1.807) is 31.2 Å². The third-order valence-corrected chi connectivity index (χ3v) is 6.54. The molecule has 8 heteroatoms. The highest BCUT2D eigenvalue weighted by molar-refractivity contribution is 7.90. The molecule has 1 unspecified atom stereocenters. The minimum Gasteiger partial charge on any atom is -0.454 e. The molecule has 0 saturated carbocycles. The van der Waals surface area contributed by atoms with E-state index in [0.29, 0.717) is 30.1 Å². The van der Waals surface area contributed by atoms with Gasteiger partial charge in [0.2, 0.25) is 0 Å². The molecular weight excluding hydrogens is 395 g/mol. The van der Waals surface area contributed by atoms with E-state index in [-0.39, 0.29) is 16.3 Å². The average Bonchev–Trinajstić information content (AvgIpc) is 2.93. The largest absolute Gasteiger partial charge is 0.454 e. The van der Waals surface area contributed by atoms with E-state index >= 15 is 0 Å². The van der Waals surface area contributed by atoms with Crippen LogP contribution >= 0.6 is 0 Å². The van der Waals surface area contributed by atoms with Crippen molar-refractivity contribution in [3.63, 3.8) is 0 Å². The van der Waals surface area contributed by atoms with Crippen molar-refractivity contribution in [3.8, 4) is 0 Å². The lowest BCUT2D eigenvalue weighted by Crippen LogP contribution is -2.35. The molecule has 0 radical (unpaired) electrons. The molecule has 0 aromatic heterocycles. The molecular formula is C21H21FN2O4S. The summed E-state index contributed by atoms with van der Waals surface area (Å²) in [6, 6.07) is 10.2. The first-order valence-electron chi connectivity index (χ1n) is 9.57. The highest BCUT2D eigenvalue weighted by Gasteiger charge is 2.32. The molecule has 152 valence electrons.